The van der Waals surface area contributed by atoms with Crippen LogP contribution >= 0.6 is 11.3 Å². The van der Waals surface area contributed by atoms with Gasteiger partial charge in [-0.2, -0.15) is 0 Å². The van der Waals surface area contributed by atoms with Crippen molar-refractivity contribution in [1.29, 1.82) is 0 Å². The van der Waals surface area contributed by atoms with Crippen LogP contribution in [0.25, 0.3) is 0 Å². The Balaban J connectivity index is 0.000000806. The van der Waals surface area contributed by atoms with Gasteiger partial charge in [-0.05, 0) is 25.3 Å². The molecular formula is C21H26N4O4S. The molecule has 1 aromatic heterocycles. The second-order valence-electron chi connectivity index (χ2n) is 7.69. The van der Waals surface area contributed by atoms with E-state index in [2.05, 4.69) is 39.8 Å². The van der Waals surface area contributed by atoms with Crippen molar-refractivity contribution >= 4 is 34.8 Å². The lowest BCUT2D eigenvalue weighted by Gasteiger charge is -2.30. The zero-order valence-corrected chi connectivity index (χ0v) is 17.7. The summed E-state index contributed by atoms with van der Waals surface area (Å²) < 4.78 is 0. The minimum Gasteiger partial charge on any atom is -0.483 e. The zero-order valence-electron chi connectivity index (χ0n) is 16.9. The number of carbonyl (C=O) groups is 3. The fourth-order valence-corrected chi connectivity index (χ4v) is 4.99. The normalized spacial score (nSPS) is 19.8. The Morgan fingerprint density at radius 3 is 2.57 bits per heavy atom. The quantitative estimate of drug-likeness (QED) is 0.705. The number of rotatable bonds is 5. The van der Waals surface area contributed by atoms with Crippen LogP contribution in [0.2, 0.25) is 0 Å². The lowest BCUT2D eigenvalue weighted by molar-refractivity contribution is -0.126. The Morgan fingerprint density at radius 1 is 1.30 bits per heavy atom. The number of hydrogen-bond acceptors (Lipinski definition) is 6. The molecular weight excluding hydrogens is 404 g/mol. The van der Waals surface area contributed by atoms with Crippen LogP contribution in [-0.2, 0) is 19.8 Å². The first-order valence-corrected chi connectivity index (χ1v) is 10.8. The second-order valence-corrected chi connectivity index (χ2v) is 8.85. The smallest absolute Gasteiger partial charge is 0.290 e. The van der Waals surface area contributed by atoms with E-state index in [0.717, 1.165) is 17.8 Å². The summed E-state index contributed by atoms with van der Waals surface area (Å²) in [7, 11) is 0. The van der Waals surface area contributed by atoms with Gasteiger partial charge in [0.25, 0.3) is 6.47 Å². The van der Waals surface area contributed by atoms with Crippen molar-refractivity contribution in [2.45, 2.75) is 44.4 Å². The minimum absolute atomic E-state index is 0.0234. The van der Waals surface area contributed by atoms with Crippen LogP contribution in [0, 0.1) is 12.8 Å². The molecule has 1 unspecified atom stereocenters. The minimum atomic E-state index is -0.323. The third-order valence-electron chi connectivity index (χ3n) is 5.79. The topological polar surface area (TPSA) is 112 Å². The molecule has 4 rings (SSSR count). The monoisotopic (exact) mass is 430 g/mol. The Hall–Kier alpha value is -2.81. The van der Waals surface area contributed by atoms with Crippen molar-refractivity contribution in [3.63, 3.8) is 0 Å². The first kappa shape index (κ1) is 21.9. The largest absolute Gasteiger partial charge is 0.483 e. The fourth-order valence-electron chi connectivity index (χ4n) is 4.27. The molecule has 2 aliphatic rings. The van der Waals surface area contributed by atoms with Crippen LogP contribution in [0.1, 0.15) is 42.7 Å². The summed E-state index contributed by atoms with van der Waals surface area (Å²) in [5, 5.41) is 19.5. The number of carbonyl (C=O) groups excluding carboxylic acids is 2. The average Bonchev–Trinajstić information content (AvgIpc) is 3.48. The molecule has 1 saturated heterocycles. The lowest BCUT2D eigenvalue weighted by atomic mass is 9.78. The van der Waals surface area contributed by atoms with Crippen molar-refractivity contribution in [3.8, 4) is 0 Å². The number of aromatic nitrogens is 2. The van der Waals surface area contributed by atoms with E-state index in [1.807, 2.05) is 13.0 Å². The molecule has 2 fully saturated rings. The highest BCUT2D eigenvalue weighted by Gasteiger charge is 2.39. The maximum atomic E-state index is 12.8. The van der Waals surface area contributed by atoms with Gasteiger partial charge >= 0.3 is 0 Å². The van der Waals surface area contributed by atoms with E-state index >= 15 is 0 Å². The van der Waals surface area contributed by atoms with E-state index in [1.165, 1.54) is 29.7 Å². The Labute approximate surface area is 179 Å². The highest BCUT2D eigenvalue weighted by atomic mass is 32.1. The lowest BCUT2D eigenvalue weighted by Crippen LogP contribution is -2.42. The van der Waals surface area contributed by atoms with Crippen molar-refractivity contribution in [1.82, 2.24) is 15.5 Å². The highest BCUT2D eigenvalue weighted by molar-refractivity contribution is 7.15. The van der Waals surface area contributed by atoms with Gasteiger partial charge in [0.05, 0.1) is 5.92 Å². The van der Waals surface area contributed by atoms with Crippen LogP contribution < -0.4 is 10.2 Å². The Morgan fingerprint density at radius 2 is 1.97 bits per heavy atom. The second kappa shape index (κ2) is 9.80. The molecule has 0 spiro atoms. The predicted octanol–water partition coefficient (Wildman–Crippen LogP) is 2.53. The fraction of sp³-hybridized carbons (Fsp3) is 0.476. The number of hydrogen-bond donors (Lipinski definition) is 2. The van der Waals surface area contributed by atoms with Gasteiger partial charge in [-0.25, -0.2) is 0 Å². The number of benzene rings is 1. The van der Waals surface area contributed by atoms with Gasteiger partial charge in [0, 0.05) is 24.9 Å². The van der Waals surface area contributed by atoms with Crippen molar-refractivity contribution < 1.29 is 19.5 Å². The average molecular weight is 431 g/mol. The summed E-state index contributed by atoms with van der Waals surface area (Å²) in [5.74, 6) is -0.407. The third kappa shape index (κ3) is 4.84. The number of nitrogens with zero attached hydrogens (tertiary/aromatic N) is 3. The summed E-state index contributed by atoms with van der Waals surface area (Å²) in [4.78, 5) is 35.1. The molecule has 0 bridgehead atoms. The maximum absolute atomic E-state index is 12.8. The molecule has 1 atom stereocenters. The van der Waals surface area contributed by atoms with E-state index in [0.29, 0.717) is 18.2 Å². The van der Waals surface area contributed by atoms with E-state index in [4.69, 9.17) is 9.90 Å². The van der Waals surface area contributed by atoms with Crippen molar-refractivity contribution in [2.24, 2.45) is 5.92 Å². The predicted molar refractivity (Wildman–Crippen MR) is 113 cm³/mol. The Kier molecular flexibility index (Phi) is 7.15. The number of carboxylic acid groups (broad SMARTS) is 1. The van der Waals surface area contributed by atoms with Crippen LogP contribution in [0.3, 0.4) is 0 Å². The molecule has 1 aliphatic carbocycles. The third-order valence-corrected chi connectivity index (χ3v) is 6.65. The van der Waals surface area contributed by atoms with E-state index in [1.54, 1.807) is 4.90 Å². The molecule has 2 aromatic rings. The molecule has 8 nitrogen and oxygen atoms in total. The molecule has 1 aliphatic heterocycles. The van der Waals surface area contributed by atoms with Crippen molar-refractivity contribution in [3.05, 3.63) is 40.9 Å². The molecule has 2 N–H and O–H groups in total. The standard InChI is InChI=1S/C20H24N4O2S.CH2O2/c1-14-22-23-19(27-14)24-12-15(11-17(24)25)18(26)21-13-20(9-5-6-10-20)16-7-3-2-4-8-16;2-1-3/h2-4,7-8,15H,5-6,9-13H2,1H3,(H,21,26);1H,(H,2,3). The van der Waals surface area contributed by atoms with Gasteiger partial charge < -0.3 is 10.4 Å². The molecule has 160 valence electrons. The molecule has 1 aromatic carbocycles. The first-order valence-electron chi connectivity index (χ1n) is 10.0. The summed E-state index contributed by atoms with van der Waals surface area (Å²) in [5.41, 5.74) is 1.33. The van der Waals surface area contributed by atoms with E-state index in [9.17, 15) is 9.59 Å². The Bertz CT molecular complexity index is 880. The number of aryl methyl sites for hydroxylation is 1. The first-order chi connectivity index (χ1) is 14.5. The van der Waals surface area contributed by atoms with Gasteiger partial charge in [0.15, 0.2) is 0 Å². The number of amides is 2. The SMILES string of the molecule is Cc1nnc(N2CC(C(=O)NCC3(c4ccccc4)CCCC3)CC2=O)s1.O=CO. The van der Waals surface area contributed by atoms with Crippen LogP contribution in [0.4, 0.5) is 5.13 Å². The molecule has 2 amide bonds. The van der Waals surface area contributed by atoms with E-state index < -0.39 is 0 Å². The molecule has 1 saturated carbocycles. The zero-order chi connectivity index (χ0) is 21.6. The van der Waals surface area contributed by atoms with Crippen LogP contribution in [0.15, 0.2) is 30.3 Å². The van der Waals surface area contributed by atoms with Gasteiger partial charge in [-0.3, -0.25) is 19.3 Å². The summed E-state index contributed by atoms with van der Waals surface area (Å²) in [6, 6.07) is 10.5. The number of nitrogens with one attached hydrogen (secondary N) is 1. The van der Waals surface area contributed by atoms with E-state index in [-0.39, 0.29) is 36.0 Å². The van der Waals surface area contributed by atoms with Gasteiger partial charge in [-0.1, -0.05) is 54.5 Å². The van der Waals surface area contributed by atoms with Crippen molar-refractivity contribution in [2.75, 3.05) is 18.0 Å². The molecule has 9 heteroatoms. The van der Waals surface area contributed by atoms with Crippen LogP contribution in [0.5, 0.6) is 0 Å². The molecule has 0 radical (unpaired) electrons. The summed E-state index contributed by atoms with van der Waals surface area (Å²) in [6.45, 7) is 2.63. The highest BCUT2D eigenvalue weighted by Crippen LogP contribution is 2.40. The van der Waals surface area contributed by atoms with Crippen LogP contribution in [-0.4, -0.2) is 46.7 Å². The number of anilines is 1. The van der Waals surface area contributed by atoms with Gasteiger partial charge in [-0.15, -0.1) is 10.2 Å². The summed E-state index contributed by atoms with van der Waals surface area (Å²) in [6.07, 6.45) is 4.81. The van der Waals surface area contributed by atoms with Gasteiger partial charge in [0.2, 0.25) is 16.9 Å². The van der Waals surface area contributed by atoms with Gasteiger partial charge in [0.1, 0.15) is 5.01 Å². The molecule has 30 heavy (non-hydrogen) atoms. The summed E-state index contributed by atoms with van der Waals surface area (Å²) >= 11 is 1.38. The maximum Gasteiger partial charge on any atom is 0.290 e. The molecule has 2 heterocycles.